The Morgan fingerprint density at radius 2 is 0.938 bits per heavy atom. The maximum Gasteiger partial charge on any atom is 0.158 e. The standard InChI is InChI=1S/C26H50N2O4/c1-27(15-9-10-16-27)19-23-21-29-25(31-23)13-7-5-3-4-6-8-14-26-30-22-24(32-26)20-28(2)17-11-12-18-28/h23-26H,3-22H2,1-2H3/q+2. The third-order valence-electron chi connectivity index (χ3n) is 8.33. The molecule has 0 bridgehead atoms. The number of hydrogen-bond donors (Lipinski definition) is 0. The molecule has 6 nitrogen and oxygen atoms in total. The summed E-state index contributed by atoms with van der Waals surface area (Å²) in [7, 11) is 4.76. The predicted octanol–water partition coefficient (Wildman–Crippen LogP) is 4.07. The Morgan fingerprint density at radius 1 is 0.562 bits per heavy atom. The highest BCUT2D eigenvalue weighted by Gasteiger charge is 2.36. The average molecular weight is 455 g/mol. The third kappa shape index (κ3) is 7.64. The molecule has 0 radical (unpaired) electrons. The van der Waals surface area contributed by atoms with Gasteiger partial charge in [0.05, 0.1) is 53.5 Å². The van der Waals surface area contributed by atoms with Crippen molar-refractivity contribution < 1.29 is 27.9 Å². The zero-order valence-electron chi connectivity index (χ0n) is 21.0. The van der Waals surface area contributed by atoms with E-state index in [1.165, 1.54) is 99.4 Å². The molecule has 0 aromatic heterocycles. The summed E-state index contributed by atoms with van der Waals surface area (Å²) in [5.74, 6) is 0. The number of hydrogen-bond acceptors (Lipinski definition) is 4. The van der Waals surface area contributed by atoms with E-state index in [-0.39, 0.29) is 12.6 Å². The lowest BCUT2D eigenvalue weighted by atomic mass is 10.1. The first-order valence-corrected chi connectivity index (χ1v) is 13.7. The van der Waals surface area contributed by atoms with Crippen molar-refractivity contribution >= 4 is 0 Å². The first-order chi connectivity index (χ1) is 15.5. The molecule has 0 amide bonds. The van der Waals surface area contributed by atoms with Gasteiger partial charge in [-0.3, -0.25) is 0 Å². The second-order valence-corrected chi connectivity index (χ2v) is 11.7. The molecular weight excluding hydrogens is 404 g/mol. The minimum absolute atomic E-state index is 0.0453. The summed E-state index contributed by atoms with van der Waals surface area (Å²) in [5.41, 5.74) is 0. The van der Waals surface area contributed by atoms with Crippen molar-refractivity contribution in [3.8, 4) is 0 Å². The quantitative estimate of drug-likeness (QED) is 0.311. The maximum absolute atomic E-state index is 6.18. The normalized spacial score (nSPS) is 33.9. The molecular formula is C26H50N2O4+2. The third-order valence-corrected chi connectivity index (χ3v) is 8.33. The van der Waals surface area contributed by atoms with E-state index in [4.69, 9.17) is 18.9 Å². The molecule has 0 N–H and O–H groups in total. The monoisotopic (exact) mass is 454 g/mol. The van der Waals surface area contributed by atoms with Crippen LogP contribution in [0, 0.1) is 0 Å². The highest BCUT2D eigenvalue weighted by molar-refractivity contribution is 4.69. The molecule has 4 aliphatic heterocycles. The van der Waals surface area contributed by atoms with Gasteiger partial charge in [-0.2, -0.15) is 0 Å². The van der Waals surface area contributed by atoms with Gasteiger partial charge < -0.3 is 27.9 Å². The van der Waals surface area contributed by atoms with Crippen molar-refractivity contribution in [2.45, 2.75) is 102 Å². The molecule has 32 heavy (non-hydrogen) atoms. The van der Waals surface area contributed by atoms with Gasteiger partial charge in [0.15, 0.2) is 12.6 Å². The van der Waals surface area contributed by atoms with Crippen LogP contribution in [0.15, 0.2) is 0 Å². The number of likely N-dealkylation sites (tertiary alicyclic amines) is 2. The fourth-order valence-electron chi connectivity index (χ4n) is 6.39. The molecule has 4 saturated heterocycles. The molecule has 0 aromatic rings. The molecule has 4 rings (SSSR count). The Morgan fingerprint density at radius 3 is 1.34 bits per heavy atom. The van der Waals surface area contributed by atoms with Gasteiger partial charge in [-0.15, -0.1) is 0 Å². The van der Waals surface area contributed by atoms with Crippen molar-refractivity contribution in [3.63, 3.8) is 0 Å². The summed E-state index contributed by atoms with van der Waals surface area (Å²) in [4.78, 5) is 0. The van der Waals surface area contributed by atoms with Crippen molar-refractivity contribution in [3.05, 3.63) is 0 Å². The summed E-state index contributed by atoms with van der Waals surface area (Å²) in [6.45, 7) is 9.08. The van der Waals surface area contributed by atoms with Crippen LogP contribution in [0.5, 0.6) is 0 Å². The Labute approximate surface area is 196 Å². The van der Waals surface area contributed by atoms with Gasteiger partial charge in [0.25, 0.3) is 0 Å². The van der Waals surface area contributed by atoms with E-state index >= 15 is 0 Å². The molecule has 186 valence electrons. The molecule has 0 aliphatic carbocycles. The minimum atomic E-state index is 0.0453. The molecule has 4 unspecified atom stereocenters. The Bertz CT molecular complexity index is 500. The second-order valence-electron chi connectivity index (χ2n) is 11.7. The number of nitrogens with zero attached hydrogens (tertiary/aromatic N) is 2. The number of unbranched alkanes of at least 4 members (excludes halogenated alkanes) is 5. The average Bonchev–Trinajstić information content (AvgIpc) is 3.55. The smallest absolute Gasteiger partial charge is 0.158 e. The predicted molar refractivity (Wildman–Crippen MR) is 126 cm³/mol. The number of rotatable bonds is 13. The van der Waals surface area contributed by atoms with Gasteiger partial charge in [-0.1, -0.05) is 25.7 Å². The van der Waals surface area contributed by atoms with Gasteiger partial charge in [0.2, 0.25) is 0 Å². The van der Waals surface area contributed by atoms with Gasteiger partial charge in [-0.25, -0.2) is 0 Å². The molecule has 0 saturated carbocycles. The van der Waals surface area contributed by atoms with Crippen LogP contribution in [-0.2, 0) is 18.9 Å². The zero-order chi connectivity index (χ0) is 22.3. The first kappa shape index (κ1) is 24.9. The number of quaternary nitrogens is 2. The molecule has 6 heteroatoms. The molecule has 4 heterocycles. The summed E-state index contributed by atoms with van der Waals surface area (Å²) >= 11 is 0. The number of ether oxygens (including phenoxy) is 4. The van der Waals surface area contributed by atoms with Crippen molar-refractivity contribution in [2.75, 3.05) is 66.6 Å². The van der Waals surface area contributed by atoms with Crippen LogP contribution in [0.3, 0.4) is 0 Å². The lowest BCUT2D eigenvalue weighted by Crippen LogP contribution is -2.47. The summed E-state index contributed by atoms with van der Waals surface area (Å²) in [6, 6.07) is 0. The van der Waals surface area contributed by atoms with E-state index in [9.17, 15) is 0 Å². The van der Waals surface area contributed by atoms with E-state index in [0.29, 0.717) is 12.2 Å². The van der Waals surface area contributed by atoms with E-state index in [0.717, 1.165) is 39.1 Å². The topological polar surface area (TPSA) is 36.9 Å². The molecule has 4 fully saturated rings. The van der Waals surface area contributed by atoms with Gasteiger partial charge >= 0.3 is 0 Å². The van der Waals surface area contributed by atoms with Gasteiger partial charge in [0.1, 0.15) is 25.3 Å². The van der Waals surface area contributed by atoms with Crippen LogP contribution in [0.25, 0.3) is 0 Å². The van der Waals surface area contributed by atoms with E-state index < -0.39 is 0 Å². The summed E-state index contributed by atoms with van der Waals surface area (Å²) in [6.07, 6.45) is 15.9. The van der Waals surface area contributed by atoms with E-state index in [1.54, 1.807) is 0 Å². The van der Waals surface area contributed by atoms with Gasteiger partial charge in [0, 0.05) is 25.7 Å². The Kier molecular flexibility index (Phi) is 9.28. The maximum atomic E-state index is 6.18. The molecule has 4 aliphatic rings. The zero-order valence-corrected chi connectivity index (χ0v) is 21.0. The Balaban J connectivity index is 0.959. The highest BCUT2D eigenvalue weighted by atomic mass is 16.7. The summed E-state index contributed by atoms with van der Waals surface area (Å²) < 4.78 is 26.6. The molecule has 0 spiro atoms. The van der Waals surface area contributed by atoms with Crippen LogP contribution < -0.4 is 0 Å². The lowest BCUT2D eigenvalue weighted by Gasteiger charge is -2.31. The fourth-order valence-corrected chi connectivity index (χ4v) is 6.39. The van der Waals surface area contributed by atoms with Crippen molar-refractivity contribution in [1.82, 2.24) is 0 Å². The SMILES string of the molecule is C[N+]1(CC2COC(CCCCCCCCC3OCC(C[N+]4(C)CCCC4)O3)O2)CCCC1. The van der Waals surface area contributed by atoms with Crippen LogP contribution >= 0.6 is 0 Å². The van der Waals surface area contributed by atoms with Crippen molar-refractivity contribution in [2.24, 2.45) is 0 Å². The van der Waals surface area contributed by atoms with E-state index in [1.807, 2.05) is 0 Å². The summed E-state index contributed by atoms with van der Waals surface area (Å²) in [5, 5.41) is 0. The molecule has 4 atom stereocenters. The first-order valence-electron chi connectivity index (χ1n) is 13.7. The fraction of sp³-hybridized carbons (Fsp3) is 1.00. The second kappa shape index (κ2) is 11.9. The minimum Gasteiger partial charge on any atom is -0.350 e. The van der Waals surface area contributed by atoms with Crippen LogP contribution in [0.1, 0.15) is 77.0 Å². The van der Waals surface area contributed by atoms with E-state index in [2.05, 4.69) is 14.1 Å². The number of likely N-dealkylation sites (N-methyl/N-ethyl adjacent to an activating group) is 2. The van der Waals surface area contributed by atoms with Crippen LogP contribution in [-0.4, -0.2) is 100 Å². The highest BCUT2D eigenvalue weighted by Crippen LogP contribution is 2.25. The van der Waals surface area contributed by atoms with Crippen molar-refractivity contribution in [1.29, 1.82) is 0 Å². The van der Waals surface area contributed by atoms with Crippen LogP contribution in [0.2, 0.25) is 0 Å². The van der Waals surface area contributed by atoms with Gasteiger partial charge in [-0.05, 0) is 25.7 Å². The molecule has 0 aromatic carbocycles. The Hall–Kier alpha value is -0.240. The lowest BCUT2D eigenvalue weighted by molar-refractivity contribution is -0.900. The largest absolute Gasteiger partial charge is 0.350 e. The van der Waals surface area contributed by atoms with Crippen LogP contribution in [0.4, 0.5) is 0 Å².